The Kier molecular flexibility index (Phi) is 4.20. The Bertz CT molecular complexity index is 566. The minimum absolute atomic E-state index is 0.0545. The first-order valence-electron chi connectivity index (χ1n) is 5.78. The summed E-state index contributed by atoms with van der Waals surface area (Å²) in [5, 5.41) is 3.44. The lowest BCUT2D eigenvalue weighted by atomic mass is 10.1. The molecule has 2 N–H and O–H groups in total. The third kappa shape index (κ3) is 4.03. The summed E-state index contributed by atoms with van der Waals surface area (Å²) in [7, 11) is -2.97. The van der Waals surface area contributed by atoms with Crippen LogP contribution in [0.25, 0.3) is 0 Å². The van der Waals surface area contributed by atoms with Crippen molar-refractivity contribution in [3.8, 4) is 0 Å². The molecule has 1 unspecified atom stereocenters. The van der Waals surface area contributed by atoms with Crippen LogP contribution >= 0.6 is 11.3 Å². The van der Waals surface area contributed by atoms with Crippen molar-refractivity contribution < 1.29 is 18.0 Å². The van der Waals surface area contributed by atoms with Crippen molar-refractivity contribution in [1.82, 2.24) is 10.9 Å². The molecule has 2 heterocycles. The maximum Gasteiger partial charge on any atom is 0.270 e. The van der Waals surface area contributed by atoms with Crippen LogP contribution in [0.4, 0.5) is 0 Å². The van der Waals surface area contributed by atoms with E-state index in [-0.39, 0.29) is 35.7 Å². The molecule has 0 spiro atoms. The third-order valence-corrected chi connectivity index (χ3v) is 5.42. The smallest absolute Gasteiger partial charge is 0.270 e. The number of carbonyl (C=O) groups is 2. The molecule has 0 bridgehead atoms. The van der Waals surface area contributed by atoms with Gasteiger partial charge >= 0.3 is 0 Å². The lowest BCUT2D eigenvalue weighted by Crippen LogP contribution is -2.42. The number of hydrazine groups is 1. The number of rotatable bonds is 3. The van der Waals surface area contributed by atoms with Crippen LogP contribution in [0.3, 0.4) is 0 Å². The van der Waals surface area contributed by atoms with E-state index in [1.54, 1.807) is 16.8 Å². The van der Waals surface area contributed by atoms with Gasteiger partial charge in [0.05, 0.1) is 17.1 Å². The predicted molar refractivity (Wildman–Crippen MR) is 71.3 cm³/mol. The van der Waals surface area contributed by atoms with Crippen molar-refractivity contribution in [2.75, 3.05) is 11.5 Å². The molecule has 104 valence electrons. The molecule has 2 rings (SSSR count). The van der Waals surface area contributed by atoms with Gasteiger partial charge in [-0.2, -0.15) is 11.3 Å². The predicted octanol–water partition coefficient (Wildman–Crippen LogP) is 0.334. The van der Waals surface area contributed by atoms with E-state index in [2.05, 4.69) is 10.9 Å². The second-order valence-corrected chi connectivity index (χ2v) is 7.50. The molecular weight excluding hydrogens is 288 g/mol. The number of carbonyl (C=O) groups excluding carboxylic acids is 2. The highest BCUT2D eigenvalue weighted by Gasteiger charge is 2.29. The number of amides is 2. The minimum Gasteiger partial charge on any atom is -0.273 e. The van der Waals surface area contributed by atoms with E-state index in [9.17, 15) is 18.0 Å². The van der Waals surface area contributed by atoms with E-state index in [1.165, 1.54) is 11.3 Å². The van der Waals surface area contributed by atoms with E-state index in [0.717, 1.165) is 0 Å². The summed E-state index contributed by atoms with van der Waals surface area (Å²) >= 11 is 1.39. The summed E-state index contributed by atoms with van der Waals surface area (Å²) in [4.78, 5) is 23.1. The second kappa shape index (κ2) is 5.70. The summed E-state index contributed by atoms with van der Waals surface area (Å²) in [6.45, 7) is 0. The standard InChI is InChI=1S/C11H14N2O4S2/c14-10(5-8-2-4-19(16,17)7-8)12-13-11(15)9-1-3-18-6-9/h1,3,6,8H,2,4-5,7H2,(H,12,14)(H,13,15). The Balaban J connectivity index is 1.75. The number of sulfone groups is 1. The monoisotopic (exact) mass is 302 g/mol. The molecule has 2 amide bonds. The van der Waals surface area contributed by atoms with Gasteiger partial charge in [-0.05, 0) is 23.8 Å². The molecule has 1 atom stereocenters. The van der Waals surface area contributed by atoms with Gasteiger partial charge in [-0.1, -0.05) is 0 Å². The van der Waals surface area contributed by atoms with Gasteiger partial charge < -0.3 is 0 Å². The zero-order chi connectivity index (χ0) is 13.9. The zero-order valence-electron chi connectivity index (χ0n) is 10.1. The normalized spacial score (nSPS) is 20.9. The Hall–Kier alpha value is -1.41. The molecule has 1 aromatic rings. The van der Waals surface area contributed by atoms with Crippen LogP contribution in [0.2, 0.25) is 0 Å². The van der Waals surface area contributed by atoms with Crippen molar-refractivity contribution in [3.63, 3.8) is 0 Å². The SMILES string of the molecule is O=C(CC1CCS(=O)(=O)C1)NNC(=O)c1ccsc1. The average molecular weight is 302 g/mol. The molecule has 1 saturated heterocycles. The molecule has 0 aliphatic carbocycles. The Morgan fingerprint density at radius 2 is 2.16 bits per heavy atom. The van der Waals surface area contributed by atoms with E-state index < -0.39 is 9.84 Å². The van der Waals surface area contributed by atoms with Gasteiger partial charge in [0.15, 0.2) is 9.84 Å². The molecule has 0 aromatic carbocycles. The van der Waals surface area contributed by atoms with Gasteiger partial charge in [-0.15, -0.1) is 0 Å². The minimum atomic E-state index is -2.97. The van der Waals surface area contributed by atoms with Crippen molar-refractivity contribution in [2.24, 2.45) is 5.92 Å². The Labute approximate surface area is 115 Å². The van der Waals surface area contributed by atoms with Crippen LogP contribution in [0.15, 0.2) is 16.8 Å². The number of hydrogen-bond donors (Lipinski definition) is 2. The summed E-state index contributed by atoms with van der Waals surface area (Å²) < 4.78 is 22.5. The summed E-state index contributed by atoms with van der Waals surface area (Å²) in [6, 6.07) is 1.65. The third-order valence-electron chi connectivity index (χ3n) is 2.90. The number of nitrogens with one attached hydrogen (secondary N) is 2. The fraction of sp³-hybridized carbons (Fsp3) is 0.455. The molecule has 1 fully saturated rings. The zero-order valence-corrected chi connectivity index (χ0v) is 11.7. The van der Waals surface area contributed by atoms with E-state index in [1.807, 2.05) is 0 Å². The molecule has 1 aromatic heterocycles. The van der Waals surface area contributed by atoms with E-state index >= 15 is 0 Å². The fourth-order valence-electron chi connectivity index (χ4n) is 1.94. The second-order valence-electron chi connectivity index (χ2n) is 4.49. The van der Waals surface area contributed by atoms with E-state index in [4.69, 9.17) is 0 Å². The average Bonchev–Trinajstić information content (AvgIpc) is 2.96. The van der Waals surface area contributed by atoms with Gasteiger partial charge in [0.25, 0.3) is 5.91 Å². The Morgan fingerprint density at radius 1 is 1.37 bits per heavy atom. The molecular formula is C11H14N2O4S2. The summed E-state index contributed by atoms with van der Waals surface area (Å²) in [6.07, 6.45) is 0.622. The quantitative estimate of drug-likeness (QED) is 0.787. The van der Waals surface area contributed by atoms with Gasteiger partial charge in [-0.25, -0.2) is 8.42 Å². The van der Waals surface area contributed by atoms with Crippen LogP contribution in [-0.2, 0) is 14.6 Å². The van der Waals surface area contributed by atoms with Gasteiger partial charge in [-0.3, -0.25) is 20.4 Å². The highest BCUT2D eigenvalue weighted by molar-refractivity contribution is 7.91. The fourth-order valence-corrected chi connectivity index (χ4v) is 4.44. The maximum atomic E-state index is 11.6. The van der Waals surface area contributed by atoms with Crippen LogP contribution < -0.4 is 10.9 Å². The highest BCUT2D eigenvalue weighted by atomic mass is 32.2. The van der Waals surface area contributed by atoms with Crippen molar-refractivity contribution in [3.05, 3.63) is 22.4 Å². The van der Waals surface area contributed by atoms with Crippen molar-refractivity contribution in [2.45, 2.75) is 12.8 Å². The van der Waals surface area contributed by atoms with Crippen LogP contribution in [0.1, 0.15) is 23.2 Å². The molecule has 1 aliphatic rings. The van der Waals surface area contributed by atoms with E-state index in [0.29, 0.717) is 12.0 Å². The topological polar surface area (TPSA) is 92.3 Å². The summed E-state index contributed by atoms with van der Waals surface area (Å²) in [5.74, 6) is -0.701. The highest BCUT2D eigenvalue weighted by Crippen LogP contribution is 2.21. The molecule has 8 heteroatoms. The first-order chi connectivity index (χ1) is 8.96. The molecule has 19 heavy (non-hydrogen) atoms. The molecule has 1 aliphatic heterocycles. The van der Waals surface area contributed by atoms with Gasteiger partial charge in [0.1, 0.15) is 0 Å². The van der Waals surface area contributed by atoms with Crippen LogP contribution in [0.5, 0.6) is 0 Å². The molecule has 0 saturated carbocycles. The molecule has 6 nitrogen and oxygen atoms in total. The maximum absolute atomic E-state index is 11.6. The van der Waals surface area contributed by atoms with Crippen molar-refractivity contribution >= 4 is 33.0 Å². The first kappa shape index (κ1) is 14.0. The van der Waals surface area contributed by atoms with Crippen molar-refractivity contribution in [1.29, 1.82) is 0 Å². The first-order valence-corrected chi connectivity index (χ1v) is 8.54. The van der Waals surface area contributed by atoms with Gasteiger partial charge in [0, 0.05) is 11.8 Å². The van der Waals surface area contributed by atoms with Gasteiger partial charge in [0.2, 0.25) is 5.91 Å². The number of thiophene rings is 1. The van der Waals surface area contributed by atoms with Crippen LogP contribution in [-0.4, -0.2) is 31.7 Å². The molecule has 0 radical (unpaired) electrons. The summed E-state index contributed by atoms with van der Waals surface area (Å²) in [5.41, 5.74) is 5.07. The van der Waals surface area contributed by atoms with Crippen LogP contribution in [0, 0.1) is 5.92 Å². The number of hydrogen-bond acceptors (Lipinski definition) is 5. The largest absolute Gasteiger partial charge is 0.273 e. The Morgan fingerprint density at radius 3 is 2.74 bits per heavy atom. The lowest BCUT2D eigenvalue weighted by molar-refractivity contribution is -0.122. The lowest BCUT2D eigenvalue weighted by Gasteiger charge is -2.09.